The highest BCUT2D eigenvalue weighted by atomic mass is 35.5. The highest BCUT2D eigenvalue weighted by Gasteiger charge is 2.18. The van der Waals surface area contributed by atoms with E-state index in [0.717, 1.165) is 30.2 Å². The van der Waals surface area contributed by atoms with Gasteiger partial charge in [0.25, 0.3) is 5.91 Å². The van der Waals surface area contributed by atoms with Crippen LogP contribution in [-0.2, 0) is 0 Å². The Bertz CT molecular complexity index is 654. The first-order chi connectivity index (χ1) is 10.6. The molecular weight excluding hydrogens is 365 g/mol. The predicted octanol–water partition coefficient (Wildman–Crippen LogP) is 3.73. The zero-order valence-electron chi connectivity index (χ0n) is 13.7. The number of thiazole rings is 1. The highest BCUT2D eigenvalue weighted by Crippen LogP contribution is 2.25. The number of carbonyl (C=O) groups excluding carboxylic acids is 1. The van der Waals surface area contributed by atoms with Crippen molar-refractivity contribution in [2.45, 2.75) is 19.8 Å². The lowest BCUT2D eigenvalue weighted by Crippen LogP contribution is -2.48. The topological polar surface area (TPSA) is 54.0 Å². The van der Waals surface area contributed by atoms with Crippen LogP contribution in [0.15, 0.2) is 29.6 Å². The van der Waals surface area contributed by atoms with Gasteiger partial charge in [-0.1, -0.05) is 38.1 Å². The summed E-state index contributed by atoms with van der Waals surface area (Å²) in [5.41, 5.74) is 2.89. The van der Waals surface area contributed by atoms with Crippen LogP contribution >= 0.6 is 36.2 Å². The van der Waals surface area contributed by atoms with Gasteiger partial charge < -0.3 is 10.6 Å². The number of hydrogen-bond donors (Lipinski definition) is 2. The maximum Gasteiger partial charge on any atom is 0.270 e. The van der Waals surface area contributed by atoms with Crippen molar-refractivity contribution in [2.24, 2.45) is 5.92 Å². The first-order valence-electron chi connectivity index (χ1n) is 7.68. The molecule has 7 heteroatoms. The molecule has 1 aromatic carbocycles. The Kier molecular flexibility index (Phi) is 8.16. The summed E-state index contributed by atoms with van der Waals surface area (Å²) in [6.45, 7) is 7.06. The molecule has 3 rings (SSSR count). The number of aromatic nitrogens is 1. The number of benzene rings is 1. The summed E-state index contributed by atoms with van der Waals surface area (Å²) in [5.74, 6) is 1.01. The molecule has 4 nitrogen and oxygen atoms in total. The smallest absolute Gasteiger partial charge is 0.270 e. The monoisotopic (exact) mass is 387 g/mol. The Labute approximate surface area is 159 Å². The minimum absolute atomic E-state index is 0. The van der Waals surface area contributed by atoms with Crippen molar-refractivity contribution < 1.29 is 4.79 Å². The third-order valence-electron chi connectivity index (χ3n) is 3.98. The molecule has 0 spiro atoms. The van der Waals surface area contributed by atoms with E-state index in [9.17, 15) is 4.79 Å². The van der Waals surface area contributed by atoms with Gasteiger partial charge in [0.1, 0.15) is 10.7 Å². The zero-order valence-corrected chi connectivity index (χ0v) is 16.2. The molecule has 1 aliphatic heterocycles. The van der Waals surface area contributed by atoms with E-state index in [4.69, 9.17) is 0 Å². The zero-order chi connectivity index (χ0) is 15.5. The van der Waals surface area contributed by atoms with Crippen molar-refractivity contribution in [3.05, 3.63) is 40.9 Å². The van der Waals surface area contributed by atoms with Crippen LogP contribution in [0.5, 0.6) is 0 Å². The van der Waals surface area contributed by atoms with E-state index in [2.05, 4.69) is 53.7 Å². The van der Waals surface area contributed by atoms with E-state index >= 15 is 0 Å². The first-order valence-corrected chi connectivity index (χ1v) is 8.56. The third-order valence-corrected chi connectivity index (χ3v) is 4.87. The van der Waals surface area contributed by atoms with Gasteiger partial charge in [-0.2, -0.15) is 0 Å². The standard InChI is InChI=1S/C17H21N3OS.2ClH/c1-11(2)13-3-5-14(6-4-13)17-20-15(10-22-17)16(21)19-9-12-7-18-8-12;;/h3-6,10-12,18H,7-9H2,1-2H3,(H,19,21);2*1H. The van der Waals surface area contributed by atoms with Crippen LogP contribution in [0.1, 0.15) is 35.8 Å². The Morgan fingerprint density at radius 2 is 1.96 bits per heavy atom. The van der Waals surface area contributed by atoms with Gasteiger partial charge in [0.15, 0.2) is 0 Å². The molecule has 0 radical (unpaired) electrons. The Morgan fingerprint density at radius 3 is 2.50 bits per heavy atom. The number of carbonyl (C=O) groups is 1. The van der Waals surface area contributed by atoms with Crippen LogP contribution in [0.4, 0.5) is 0 Å². The lowest BCUT2D eigenvalue weighted by Gasteiger charge is -2.26. The van der Waals surface area contributed by atoms with Gasteiger partial charge in [0.05, 0.1) is 0 Å². The molecule has 0 atom stereocenters. The van der Waals surface area contributed by atoms with Crippen molar-refractivity contribution in [2.75, 3.05) is 19.6 Å². The molecule has 1 aliphatic rings. The number of rotatable bonds is 5. The van der Waals surface area contributed by atoms with Crippen molar-refractivity contribution in [3.8, 4) is 10.6 Å². The number of hydrogen-bond acceptors (Lipinski definition) is 4. The normalized spacial score (nSPS) is 13.6. The lowest BCUT2D eigenvalue weighted by molar-refractivity contribution is 0.0938. The predicted molar refractivity (Wildman–Crippen MR) is 105 cm³/mol. The van der Waals surface area contributed by atoms with Gasteiger partial charge in [-0.05, 0) is 11.5 Å². The quantitative estimate of drug-likeness (QED) is 0.821. The molecule has 1 amide bonds. The molecule has 2 N–H and O–H groups in total. The van der Waals surface area contributed by atoms with E-state index in [0.29, 0.717) is 17.5 Å². The van der Waals surface area contributed by atoms with E-state index in [1.54, 1.807) is 0 Å². The molecule has 132 valence electrons. The van der Waals surface area contributed by atoms with E-state index in [-0.39, 0.29) is 30.7 Å². The van der Waals surface area contributed by atoms with Crippen LogP contribution in [0.2, 0.25) is 0 Å². The highest BCUT2D eigenvalue weighted by molar-refractivity contribution is 7.13. The third kappa shape index (κ3) is 4.93. The second-order valence-corrected chi connectivity index (χ2v) is 6.91. The van der Waals surface area contributed by atoms with E-state index in [1.807, 2.05) is 5.38 Å². The molecule has 0 saturated carbocycles. The maximum absolute atomic E-state index is 12.1. The fraction of sp³-hybridized carbons (Fsp3) is 0.412. The molecule has 1 fully saturated rings. The maximum atomic E-state index is 12.1. The molecule has 0 bridgehead atoms. The molecule has 0 unspecified atom stereocenters. The summed E-state index contributed by atoms with van der Waals surface area (Å²) < 4.78 is 0. The van der Waals surface area contributed by atoms with Gasteiger partial charge in [-0.15, -0.1) is 36.2 Å². The Balaban J connectivity index is 0.00000144. The summed E-state index contributed by atoms with van der Waals surface area (Å²) in [7, 11) is 0. The minimum atomic E-state index is -0.0757. The lowest BCUT2D eigenvalue weighted by atomic mass is 10.0. The Morgan fingerprint density at radius 1 is 1.29 bits per heavy atom. The fourth-order valence-corrected chi connectivity index (χ4v) is 3.15. The van der Waals surface area contributed by atoms with Crippen molar-refractivity contribution in [1.29, 1.82) is 0 Å². The molecule has 2 aromatic rings. The van der Waals surface area contributed by atoms with Crippen molar-refractivity contribution in [1.82, 2.24) is 15.6 Å². The molecule has 24 heavy (non-hydrogen) atoms. The largest absolute Gasteiger partial charge is 0.350 e. The first kappa shape index (κ1) is 20.9. The number of amides is 1. The number of nitrogens with one attached hydrogen (secondary N) is 2. The second kappa shape index (κ2) is 9.37. The molecule has 2 heterocycles. The second-order valence-electron chi connectivity index (χ2n) is 6.05. The molecule has 0 aliphatic carbocycles. The van der Waals surface area contributed by atoms with Crippen molar-refractivity contribution in [3.63, 3.8) is 0 Å². The minimum Gasteiger partial charge on any atom is -0.350 e. The van der Waals surface area contributed by atoms with Crippen molar-refractivity contribution >= 4 is 42.1 Å². The van der Waals surface area contributed by atoms with Crippen LogP contribution in [0, 0.1) is 5.92 Å². The fourth-order valence-electron chi connectivity index (χ4n) is 2.34. The summed E-state index contributed by atoms with van der Waals surface area (Å²) in [5, 5.41) is 8.88. The molecule has 1 saturated heterocycles. The SMILES string of the molecule is CC(C)c1ccc(-c2nc(C(=O)NCC3CNC3)cs2)cc1.Cl.Cl. The molecule has 1 aromatic heterocycles. The Hall–Kier alpha value is -1.14. The van der Waals surface area contributed by atoms with Crippen LogP contribution < -0.4 is 10.6 Å². The van der Waals surface area contributed by atoms with Crippen LogP contribution in [0.3, 0.4) is 0 Å². The summed E-state index contributed by atoms with van der Waals surface area (Å²) in [6, 6.07) is 8.42. The van der Waals surface area contributed by atoms with Gasteiger partial charge in [0, 0.05) is 36.5 Å². The number of nitrogens with zero attached hydrogens (tertiary/aromatic N) is 1. The van der Waals surface area contributed by atoms with Crippen LogP contribution in [0.25, 0.3) is 10.6 Å². The molecular formula is C17H23Cl2N3OS. The summed E-state index contributed by atoms with van der Waals surface area (Å²) in [6.07, 6.45) is 0. The van der Waals surface area contributed by atoms with E-state index in [1.165, 1.54) is 16.9 Å². The van der Waals surface area contributed by atoms with Gasteiger partial charge in [-0.25, -0.2) is 4.98 Å². The summed E-state index contributed by atoms with van der Waals surface area (Å²) in [4.78, 5) is 16.6. The average molecular weight is 388 g/mol. The average Bonchev–Trinajstić information content (AvgIpc) is 2.95. The van der Waals surface area contributed by atoms with E-state index < -0.39 is 0 Å². The van der Waals surface area contributed by atoms with Gasteiger partial charge in [0.2, 0.25) is 0 Å². The van der Waals surface area contributed by atoms with Crippen LogP contribution in [-0.4, -0.2) is 30.5 Å². The van der Waals surface area contributed by atoms with Gasteiger partial charge in [-0.3, -0.25) is 4.79 Å². The number of halogens is 2. The van der Waals surface area contributed by atoms with Gasteiger partial charge >= 0.3 is 0 Å². The summed E-state index contributed by atoms with van der Waals surface area (Å²) >= 11 is 1.51.